The summed E-state index contributed by atoms with van der Waals surface area (Å²) in [6.45, 7) is 0.577. The zero-order valence-corrected chi connectivity index (χ0v) is 9.94. The fourth-order valence-corrected chi connectivity index (χ4v) is 1.38. The van der Waals surface area contributed by atoms with Crippen molar-refractivity contribution in [2.75, 3.05) is 18.5 Å². The van der Waals surface area contributed by atoms with E-state index in [9.17, 15) is 4.79 Å². The molecule has 0 saturated carbocycles. The fraction of sp³-hybridized carbons (Fsp3) is 0.182. The Labute approximate surface area is 97.1 Å². The van der Waals surface area contributed by atoms with Gasteiger partial charge in [0.15, 0.2) is 0 Å². The maximum absolute atomic E-state index is 10.3. The summed E-state index contributed by atoms with van der Waals surface area (Å²) in [7, 11) is 1.91. The van der Waals surface area contributed by atoms with E-state index < -0.39 is 5.97 Å². The van der Waals surface area contributed by atoms with E-state index in [0.29, 0.717) is 6.54 Å². The third kappa shape index (κ3) is 4.16. The minimum Gasteiger partial charge on any atom is -0.478 e. The van der Waals surface area contributed by atoms with Gasteiger partial charge in [0.2, 0.25) is 0 Å². The van der Waals surface area contributed by atoms with Gasteiger partial charge in [0.1, 0.15) is 0 Å². The van der Waals surface area contributed by atoms with Gasteiger partial charge in [0, 0.05) is 29.8 Å². The van der Waals surface area contributed by atoms with Crippen LogP contribution in [0.4, 0.5) is 5.69 Å². The molecule has 0 heterocycles. The molecular formula is C11H12BrNO2. The van der Waals surface area contributed by atoms with Gasteiger partial charge in [-0.2, -0.15) is 0 Å². The van der Waals surface area contributed by atoms with Gasteiger partial charge in [-0.3, -0.25) is 0 Å². The second-order valence-corrected chi connectivity index (χ2v) is 4.01. The molecule has 0 atom stereocenters. The number of carbonyl (C=O) groups is 1. The first-order valence-electron chi connectivity index (χ1n) is 4.46. The van der Waals surface area contributed by atoms with Crippen LogP contribution in [0.3, 0.4) is 0 Å². The van der Waals surface area contributed by atoms with E-state index in [0.717, 1.165) is 16.2 Å². The number of nitrogens with zero attached hydrogens (tertiary/aromatic N) is 1. The third-order valence-electron chi connectivity index (χ3n) is 1.91. The summed E-state index contributed by atoms with van der Waals surface area (Å²) >= 11 is 3.36. The molecule has 0 aromatic heterocycles. The normalized spacial score (nSPS) is 10.5. The molecule has 15 heavy (non-hydrogen) atoms. The number of hydrogen-bond donors (Lipinski definition) is 1. The maximum atomic E-state index is 10.3. The Balaban J connectivity index is 2.57. The van der Waals surface area contributed by atoms with Crippen molar-refractivity contribution in [2.45, 2.75) is 0 Å². The molecule has 0 fully saturated rings. The molecule has 1 aromatic rings. The summed E-state index contributed by atoms with van der Waals surface area (Å²) in [4.78, 5) is 12.2. The molecule has 4 heteroatoms. The van der Waals surface area contributed by atoms with Crippen LogP contribution in [0.25, 0.3) is 0 Å². The second-order valence-electron chi connectivity index (χ2n) is 3.10. The standard InChI is InChI=1S/C11H12BrNO2/c1-13(8-2-3-11(14)15)10-6-4-9(12)5-7-10/h2-7H,8H2,1H3,(H,14,15)/b3-2+. The molecule has 0 amide bonds. The van der Waals surface area contributed by atoms with Crippen LogP contribution >= 0.6 is 15.9 Å². The van der Waals surface area contributed by atoms with Crippen molar-refractivity contribution in [3.63, 3.8) is 0 Å². The number of likely N-dealkylation sites (N-methyl/N-ethyl adjacent to an activating group) is 1. The van der Waals surface area contributed by atoms with E-state index in [2.05, 4.69) is 15.9 Å². The molecule has 0 radical (unpaired) electrons. The largest absolute Gasteiger partial charge is 0.478 e. The molecule has 80 valence electrons. The van der Waals surface area contributed by atoms with Crippen molar-refractivity contribution in [2.24, 2.45) is 0 Å². The Morgan fingerprint density at radius 3 is 2.60 bits per heavy atom. The van der Waals surface area contributed by atoms with Crippen LogP contribution in [0.15, 0.2) is 40.9 Å². The number of rotatable bonds is 4. The zero-order valence-electron chi connectivity index (χ0n) is 8.35. The number of anilines is 1. The minimum atomic E-state index is -0.917. The highest BCUT2D eigenvalue weighted by atomic mass is 79.9. The summed E-state index contributed by atoms with van der Waals surface area (Å²) in [5.41, 5.74) is 1.05. The highest BCUT2D eigenvalue weighted by molar-refractivity contribution is 9.10. The van der Waals surface area contributed by atoms with Crippen LogP contribution in [0.2, 0.25) is 0 Å². The van der Waals surface area contributed by atoms with E-state index in [1.54, 1.807) is 6.08 Å². The first-order valence-corrected chi connectivity index (χ1v) is 5.25. The van der Waals surface area contributed by atoms with Crippen molar-refractivity contribution in [1.29, 1.82) is 0 Å². The van der Waals surface area contributed by atoms with Gasteiger partial charge in [-0.05, 0) is 24.3 Å². The zero-order chi connectivity index (χ0) is 11.3. The molecule has 0 aliphatic carbocycles. The molecular weight excluding hydrogens is 258 g/mol. The molecule has 0 spiro atoms. The summed E-state index contributed by atoms with van der Waals surface area (Å²) in [6, 6.07) is 7.84. The number of hydrogen-bond acceptors (Lipinski definition) is 2. The Morgan fingerprint density at radius 2 is 2.07 bits per heavy atom. The van der Waals surface area contributed by atoms with Crippen LogP contribution in [0.1, 0.15) is 0 Å². The van der Waals surface area contributed by atoms with E-state index in [4.69, 9.17) is 5.11 Å². The van der Waals surface area contributed by atoms with Gasteiger partial charge >= 0.3 is 5.97 Å². The topological polar surface area (TPSA) is 40.5 Å². The molecule has 1 aromatic carbocycles. The van der Waals surface area contributed by atoms with Gasteiger partial charge in [-0.15, -0.1) is 0 Å². The second kappa shape index (κ2) is 5.56. The first-order chi connectivity index (χ1) is 7.09. The molecule has 0 bridgehead atoms. The van der Waals surface area contributed by atoms with Gasteiger partial charge in [0.05, 0.1) is 0 Å². The van der Waals surface area contributed by atoms with Gasteiger partial charge in [0.25, 0.3) is 0 Å². The smallest absolute Gasteiger partial charge is 0.328 e. The summed E-state index contributed by atoms with van der Waals surface area (Å²) in [6.07, 6.45) is 2.76. The van der Waals surface area contributed by atoms with Crippen molar-refractivity contribution >= 4 is 27.6 Å². The van der Waals surface area contributed by atoms with Crippen molar-refractivity contribution in [3.8, 4) is 0 Å². The van der Waals surface area contributed by atoms with Gasteiger partial charge in [-0.25, -0.2) is 4.79 Å². The highest BCUT2D eigenvalue weighted by Gasteiger charge is 1.97. The van der Waals surface area contributed by atoms with Crippen LogP contribution < -0.4 is 4.90 Å². The minimum absolute atomic E-state index is 0.577. The quantitative estimate of drug-likeness (QED) is 0.855. The average Bonchev–Trinajstić information content (AvgIpc) is 2.18. The lowest BCUT2D eigenvalue weighted by Gasteiger charge is -2.16. The molecule has 0 saturated heterocycles. The third-order valence-corrected chi connectivity index (χ3v) is 2.44. The molecule has 0 aliphatic rings. The summed E-state index contributed by atoms with van der Waals surface area (Å²) in [5.74, 6) is -0.917. The first kappa shape index (κ1) is 11.8. The number of carboxylic acids is 1. The van der Waals surface area contributed by atoms with Crippen LogP contribution in [-0.4, -0.2) is 24.7 Å². The van der Waals surface area contributed by atoms with Crippen molar-refractivity contribution in [1.82, 2.24) is 0 Å². The van der Waals surface area contributed by atoms with Crippen LogP contribution in [-0.2, 0) is 4.79 Å². The van der Waals surface area contributed by atoms with E-state index in [-0.39, 0.29) is 0 Å². The van der Waals surface area contributed by atoms with Crippen LogP contribution in [0, 0.1) is 0 Å². The monoisotopic (exact) mass is 269 g/mol. The lowest BCUT2D eigenvalue weighted by Crippen LogP contribution is -2.16. The lowest BCUT2D eigenvalue weighted by molar-refractivity contribution is -0.131. The van der Waals surface area contributed by atoms with E-state index in [1.165, 1.54) is 0 Å². The van der Waals surface area contributed by atoms with E-state index >= 15 is 0 Å². The Hall–Kier alpha value is -1.29. The number of aliphatic carboxylic acids is 1. The SMILES string of the molecule is CN(C/C=C/C(=O)O)c1ccc(Br)cc1. The maximum Gasteiger partial charge on any atom is 0.328 e. The van der Waals surface area contributed by atoms with Crippen molar-refractivity contribution < 1.29 is 9.90 Å². The van der Waals surface area contributed by atoms with Gasteiger partial charge in [-0.1, -0.05) is 22.0 Å². The highest BCUT2D eigenvalue weighted by Crippen LogP contribution is 2.16. The number of carboxylic acid groups (broad SMARTS) is 1. The Bertz CT molecular complexity index is 359. The van der Waals surface area contributed by atoms with Gasteiger partial charge < -0.3 is 10.0 Å². The summed E-state index contributed by atoms with van der Waals surface area (Å²) < 4.78 is 1.03. The molecule has 3 nitrogen and oxygen atoms in total. The van der Waals surface area contributed by atoms with E-state index in [1.807, 2.05) is 36.2 Å². The lowest BCUT2D eigenvalue weighted by atomic mass is 10.3. The summed E-state index contributed by atoms with van der Waals surface area (Å²) in [5, 5.41) is 8.42. The van der Waals surface area contributed by atoms with Crippen molar-refractivity contribution in [3.05, 3.63) is 40.9 Å². The predicted octanol–water partition coefficient (Wildman–Crippen LogP) is 2.53. The molecule has 1 rings (SSSR count). The molecule has 0 aliphatic heterocycles. The predicted molar refractivity (Wildman–Crippen MR) is 64.2 cm³/mol. The average molecular weight is 270 g/mol. The fourth-order valence-electron chi connectivity index (χ4n) is 1.11. The molecule has 0 unspecified atom stereocenters. The Kier molecular flexibility index (Phi) is 4.37. The Morgan fingerprint density at radius 1 is 1.47 bits per heavy atom. The number of benzene rings is 1. The molecule has 1 N–H and O–H groups in total. The van der Waals surface area contributed by atoms with Crippen LogP contribution in [0.5, 0.6) is 0 Å². The number of halogens is 1.